The van der Waals surface area contributed by atoms with Crippen molar-refractivity contribution in [1.29, 1.82) is 0 Å². The number of nitrogens with zero attached hydrogens (tertiary/aromatic N) is 6. The van der Waals surface area contributed by atoms with Crippen LogP contribution in [0.15, 0.2) is 42.7 Å². The second-order valence-corrected chi connectivity index (χ2v) is 9.33. The largest absolute Gasteiger partial charge is 0.497 e. The number of aromatic nitrogens is 4. The number of morpholine rings is 1. The number of amides is 1. The molecular weight excluding hydrogens is 482 g/mol. The van der Waals surface area contributed by atoms with E-state index in [1.807, 2.05) is 36.2 Å². The molecular formula is C24H25N7O4S. The minimum Gasteiger partial charge on any atom is -0.497 e. The Bertz CT molecular complexity index is 1370. The minimum absolute atomic E-state index is 0.173. The molecule has 2 N–H and O–H groups in total. The van der Waals surface area contributed by atoms with Gasteiger partial charge in [-0.3, -0.25) is 10.0 Å². The molecule has 0 spiro atoms. The molecule has 0 radical (unpaired) electrons. The van der Waals surface area contributed by atoms with E-state index < -0.39 is 5.91 Å². The monoisotopic (exact) mass is 507 g/mol. The molecule has 1 saturated heterocycles. The van der Waals surface area contributed by atoms with Crippen LogP contribution in [-0.2, 0) is 11.3 Å². The summed E-state index contributed by atoms with van der Waals surface area (Å²) in [6.07, 6.45) is 2.75. The molecule has 0 atom stereocenters. The van der Waals surface area contributed by atoms with Crippen molar-refractivity contribution < 1.29 is 19.5 Å². The lowest BCUT2D eigenvalue weighted by Crippen LogP contribution is -2.36. The van der Waals surface area contributed by atoms with Crippen LogP contribution in [0.25, 0.3) is 21.6 Å². The average molecular weight is 508 g/mol. The second-order valence-electron chi connectivity index (χ2n) is 8.20. The van der Waals surface area contributed by atoms with Gasteiger partial charge >= 0.3 is 0 Å². The highest BCUT2D eigenvalue weighted by atomic mass is 32.1. The molecule has 3 aromatic heterocycles. The summed E-state index contributed by atoms with van der Waals surface area (Å²) >= 11 is 1.64. The number of benzene rings is 1. The third-order valence-corrected chi connectivity index (χ3v) is 6.88. The van der Waals surface area contributed by atoms with E-state index in [0.717, 1.165) is 45.3 Å². The molecule has 1 amide bonds. The van der Waals surface area contributed by atoms with Crippen molar-refractivity contribution >= 4 is 39.2 Å². The fraction of sp³-hybridized carbons (Fsp3) is 0.292. The van der Waals surface area contributed by atoms with E-state index in [2.05, 4.69) is 20.9 Å². The average Bonchev–Trinajstić information content (AvgIpc) is 3.34. The van der Waals surface area contributed by atoms with E-state index in [1.165, 1.54) is 12.4 Å². The van der Waals surface area contributed by atoms with Crippen molar-refractivity contribution in [2.75, 3.05) is 50.3 Å². The first-order chi connectivity index (χ1) is 17.6. The molecule has 0 bridgehead atoms. The number of nitrogens with one attached hydrogen (secondary N) is 1. The van der Waals surface area contributed by atoms with Gasteiger partial charge in [-0.05, 0) is 18.2 Å². The van der Waals surface area contributed by atoms with Gasteiger partial charge in [0.05, 0.1) is 42.6 Å². The fourth-order valence-electron chi connectivity index (χ4n) is 3.93. The Kier molecular flexibility index (Phi) is 6.89. The van der Waals surface area contributed by atoms with E-state index in [1.54, 1.807) is 23.9 Å². The van der Waals surface area contributed by atoms with E-state index in [-0.39, 0.29) is 5.56 Å². The lowest BCUT2D eigenvalue weighted by molar-refractivity contribution is 0.0705. The van der Waals surface area contributed by atoms with E-state index in [9.17, 15) is 4.79 Å². The molecule has 0 unspecified atom stereocenters. The Morgan fingerprint density at radius 2 is 2.00 bits per heavy atom. The van der Waals surface area contributed by atoms with Gasteiger partial charge in [0.2, 0.25) is 5.95 Å². The van der Waals surface area contributed by atoms with Gasteiger partial charge in [0.15, 0.2) is 11.6 Å². The van der Waals surface area contributed by atoms with Crippen LogP contribution in [-0.4, -0.2) is 71.5 Å². The van der Waals surface area contributed by atoms with Gasteiger partial charge < -0.3 is 19.3 Å². The standard InChI is InChI=1S/C24H25N7O4S/c1-30(24-25-12-16(13-26-24)23(32)29-33)14-18-11-19-20(36-18)22(31-6-8-35-9-7-31)28-21(27-19)15-4-3-5-17(10-15)34-2/h3-5,10-13,33H,6-9,14H2,1-2H3,(H,29,32). The molecule has 1 aliphatic heterocycles. The van der Waals surface area contributed by atoms with Crippen LogP contribution < -0.4 is 20.0 Å². The molecule has 0 aliphatic carbocycles. The first-order valence-corrected chi connectivity index (χ1v) is 12.1. The number of ether oxygens (including phenoxy) is 2. The quantitative estimate of drug-likeness (QED) is 0.285. The number of thiophene rings is 1. The van der Waals surface area contributed by atoms with Gasteiger partial charge in [-0.2, -0.15) is 0 Å². The summed E-state index contributed by atoms with van der Waals surface area (Å²) in [6.45, 7) is 3.38. The van der Waals surface area contributed by atoms with Crippen LogP contribution in [0.4, 0.5) is 11.8 Å². The van der Waals surface area contributed by atoms with Gasteiger partial charge in [0, 0.05) is 43.0 Å². The van der Waals surface area contributed by atoms with Gasteiger partial charge in [-0.15, -0.1) is 11.3 Å². The number of carbonyl (C=O) groups is 1. The Hall–Kier alpha value is -3.87. The molecule has 1 aliphatic rings. The molecule has 12 heteroatoms. The number of methoxy groups -OCH3 is 1. The van der Waals surface area contributed by atoms with Crippen molar-refractivity contribution in [3.63, 3.8) is 0 Å². The number of rotatable bonds is 7. The molecule has 4 aromatic rings. The molecule has 4 heterocycles. The summed E-state index contributed by atoms with van der Waals surface area (Å²) < 4.78 is 12.0. The van der Waals surface area contributed by atoms with Crippen LogP contribution in [0.1, 0.15) is 15.2 Å². The normalized spacial score (nSPS) is 13.6. The summed E-state index contributed by atoms with van der Waals surface area (Å²) in [7, 11) is 3.52. The van der Waals surface area contributed by atoms with Crippen LogP contribution >= 0.6 is 11.3 Å². The van der Waals surface area contributed by atoms with Crippen LogP contribution in [0.3, 0.4) is 0 Å². The van der Waals surface area contributed by atoms with Crippen molar-refractivity contribution in [3.05, 3.63) is 53.2 Å². The minimum atomic E-state index is -0.658. The highest BCUT2D eigenvalue weighted by Gasteiger charge is 2.21. The molecule has 1 aromatic carbocycles. The topological polar surface area (TPSA) is 126 Å². The summed E-state index contributed by atoms with van der Waals surface area (Å²) in [4.78, 5) is 35.1. The maximum atomic E-state index is 11.5. The van der Waals surface area contributed by atoms with E-state index in [4.69, 9.17) is 24.6 Å². The predicted octanol–water partition coefficient (Wildman–Crippen LogP) is 2.75. The number of hydroxylamine groups is 1. The molecule has 11 nitrogen and oxygen atoms in total. The summed E-state index contributed by atoms with van der Waals surface area (Å²) in [5.74, 6) is 2.09. The first kappa shape index (κ1) is 23.9. The fourth-order valence-corrected chi connectivity index (χ4v) is 5.09. The van der Waals surface area contributed by atoms with E-state index in [0.29, 0.717) is 31.5 Å². The molecule has 1 fully saturated rings. The van der Waals surface area contributed by atoms with Crippen molar-refractivity contribution in [2.24, 2.45) is 0 Å². The van der Waals surface area contributed by atoms with Crippen LogP contribution in [0.5, 0.6) is 5.75 Å². The smallest absolute Gasteiger partial charge is 0.277 e. The Morgan fingerprint density at radius 3 is 2.72 bits per heavy atom. The first-order valence-electron chi connectivity index (χ1n) is 11.3. The predicted molar refractivity (Wildman–Crippen MR) is 136 cm³/mol. The van der Waals surface area contributed by atoms with Crippen LogP contribution in [0.2, 0.25) is 0 Å². The highest BCUT2D eigenvalue weighted by Crippen LogP contribution is 2.35. The second kappa shape index (κ2) is 10.4. The van der Waals surface area contributed by atoms with E-state index >= 15 is 0 Å². The van der Waals surface area contributed by atoms with Gasteiger partial charge in [-0.1, -0.05) is 12.1 Å². The number of anilines is 2. The van der Waals surface area contributed by atoms with Crippen molar-refractivity contribution in [1.82, 2.24) is 25.4 Å². The maximum absolute atomic E-state index is 11.5. The maximum Gasteiger partial charge on any atom is 0.277 e. The number of carbonyl (C=O) groups excluding carboxylic acids is 1. The molecule has 5 rings (SSSR count). The summed E-state index contributed by atoms with van der Waals surface area (Å²) in [5, 5.41) is 8.77. The number of fused-ring (bicyclic) bond motifs is 1. The molecule has 36 heavy (non-hydrogen) atoms. The Labute approximate surface area is 211 Å². The molecule has 186 valence electrons. The zero-order valence-electron chi connectivity index (χ0n) is 19.8. The third-order valence-electron chi connectivity index (χ3n) is 5.78. The van der Waals surface area contributed by atoms with Crippen LogP contribution in [0, 0.1) is 0 Å². The SMILES string of the molecule is COc1cccc(-c2nc(N3CCOCC3)c3sc(CN(C)c4ncc(C(=O)NO)cn4)cc3n2)c1. The zero-order chi connectivity index (χ0) is 25.1. The number of hydrogen-bond donors (Lipinski definition) is 2. The zero-order valence-corrected chi connectivity index (χ0v) is 20.7. The van der Waals surface area contributed by atoms with Crippen molar-refractivity contribution in [2.45, 2.75) is 6.54 Å². The Balaban J connectivity index is 1.48. The van der Waals surface area contributed by atoms with Gasteiger partial charge in [0.1, 0.15) is 5.75 Å². The molecule has 0 saturated carbocycles. The highest BCUT2D eigenvalue weighted by molar-refractivity contribution is 7.19. The number of hydrogen-bond acceptors (Lipinski definition) is 11. The Morgan fingerprint density at radius 1 is 1.22 bits per heavy atom. The van der Waals surface area contributed by atoms with Gasteiger partial charge in [0.25, 0.3) is 5.91 Å². The summed E-state index contributed by atoms with van der Waals surface area (Å²) in [5.41, 5.74) is 3.50. The third kappa shape index (κ3) is 4.91. The van der Waals surface area contributed by atoms with Gasteiger partial charge in [-0.25, -0.2) is 25.4 Å². The lowest BCUT2D eigenvalue weighted by atomic mass is 10.2. The van der Waals surface area contributed by atoms with Crippen molar-refractivity contribution in [3.8, 4) is 17.1 Å². The summed E-state index contributed by atoms with van der Waals surface area (Å²) in [6, 6.07) is 9.81. The lowest BCUT2D eigenvalue weighted by Gasteiger charge is -2.28.